The molecule has 2 heterocycles. The van der Waals surface area contributed by atoms with E-state index in [0.29, 0.717) is 11.6 Å². The molecular formula is C9H9ClN4. The lowest BCUT2D eigenvalue weighted by Gasteiger charge is -2.00. The van der Waals surface area contributed by atoms with Crippen LogP contribution in [-0.4, -0.2) is 19.5 Å². The molecule has 2 rings (SSSR count). The number of aryl methyl sites for hydroxylation is 1. The Labute approximate surface area is 86.6 Å². The molecule has 0 aliphatic carbocycles. The van der Waals surface area contributed by atoms with Gasteiger partial charge in [0.05, 0.1) is 5.69 Å². The van der Waals surface area contributed by atoms with Crippen molar-refractivity contribution in [3.8, 4) is 0 Å². The molecule has 5 heteroatoms. The van der Waals surface area contributed by atoms with Gasteiger partial charge in [0.1, 0.15) is 17.3 Å². The van der Waals surface area contributed by atoms with Crippen molar-refractivity contribution >= 4 is 11.6 Å². The zero-order valence-corrected chi connectivity index (χ0v) is 8.44. The van der Waals surface area contributed by atoms with Crippen LogP contribution in [-0.2, 0) is 13.5 Å². The predicted molar refractivity (Wildman–Crippen MR) is 53.1 cm³/mol. The number of imidazole rings is 1. The highest BCUT2D eigenvalue weighted by atomic mass is 35.5. The molecule has 4 nitrogen and oxygen atoms in total. The van der Waals surface area contributed by atoms with Crippen molar-refractivity contribution in [2.24, 2.45) is 7.05 Å². The van der Waals surface area contributed by atoms with Gasteiger partial charge in [-0.3, -0.25) is 0 Å². The highest BCUT2D eigenvalue weighted by Gasteiger charge is 2.02. The molecule has 0 aliphatic rings. The van der Waals surface area contributed by atoms with Crippen LogP contribution >= 0.6 is 11.6 Å². The summed E-state index contributed by atoms with van der Waals surface area (Å²) in [6.45, 7) is 0. The first-order valence-electron chi connectivity index (χ1n) is 4.18. The summed E-state index contributed by atoms with van der Waals surface area (Å²) in [7, 11) is 1.95. The second kappa shape index (κ2) is 3.75. The number of halogens is 1. The zero-order chi connectivity index (χ0) is 9.97. The summed E-state index contributed by atoms with van der Waals surface area (Å²) in [6, 6.07) is 1.75. The van der Waals surface area contributed by atoms with Gasteiger partial charge in [-0.05, 0) is 6.07 Å². The van der Waals surface area contributed by atoms with Gasteiger partial charge in [-0.15, -0.1) is 0 Å². The lowest BCUT2D eigenvalue weighted by molar-refractivity contribution is 0.809. The van der Waals surface area contributed by atoms with Crippen LogP contribution in [0.4, 0.5) is 0 Å². The number of aromatic nitrogens is 4. The molecule has 0 spiro atoms. The molecule has 14 heavy (non-hydrogen) atoms. The number of hydrogen-bond donors (Lipinski definition) is 0. The van der Waals surface area contributed by atoms with Crippen LogP contribution in [0.2, 0.25) is 5.15 Å². The van der Waals surface area contributed by atoms with Crippen LogP contribution in [0.25, 0.3) is 0 Å². The Bertz CT molecular complexity index is 438. The number of nitrogens with zero attached hydrogens (tertiary/aromatic N) is 4. The first kappa shape index (κ1) is 9.15. The van der Waals surface area contributed by atoms with E-state index in [1.54, 1.807) is 12.3 Å². The Morgan fingerprint density at radius 1 is 1.36 bits per heavy atom. The van der Waals surface area contributed by atoms with Gasteiger partial charge in [0.15, 0.2) is 0 Å². The Morgan fingerprint density at radius 2 is 2.21 bits per heavy atom. The standard InChI is InChI=1S/C9H9ClN4/c1-14-3-2-11-9(14)5-7-4-8(10)13-6-12-7/h2-4,6H,5H2,1H3. The third kappa shape index (κ3) is 1.90. The summed E-state index contributed by atoms with van der Waals surface area (Å²) in [5.41, 5.74) is 0.874. The quantitative estimate of drug-likeness (QED) is 0.702. The van der Waals surface area contributed by atoms with Crippen molar-refractivity contribution in [2.75, 3.05) is 0 Å². The fourth-order valence-corrected chi connectivity index (χ4v) is 1.37. The first-order chi connectivity index (χ1) is 6.75. The van der Waals surface area contributed by atoms with Crippen molar-refractivity contribution in [2.45, 2.75) is 6.42 Å². The highest BCUT2D eigenvalue weighted by Crippen LogP contribution is 2.08. The summed E-state index contributed by atoms with van der Waals surface area (Å²) < 4.78 is 1.95. The van der Waals surface area contributed by atoms with Crippen LogP contribution in [0.1, 0.15) is 11.5 Å². The average molecular weight is 209 g/mol. The van der Waals surface area contributed by atoms with Crippen molar-refractivity contribution in [1.29, 1.82) is 0 Å². The molecule has 0 N–H and O–H groups in total. The molecular weight excluding hydrogens is 200 g/mol. The molecule has 0 aromatic carbocycles. The van der Waals surface area contributed by atoms with Crippen molar-refractivity contribution < 1.29 is 0 Å². The molecule has 0 aliphatic heterocycles. The Kier molecular flexibility index (Phi) is 2.45. The lowest BCUT2D eigenvalue weighted by atomic mass is 10.3. The maximum atomic E-state index is 5.75. The van der Waals surface area contributed by atoms with E-state index in [4.69, 9.17) is 11.6 Å². The van der Waals surface area contributed by atoms with Gasteiger partial charge in [0.25, 0.3) is 0 Å². The van der Waals surface area contributed by atoms with E-state index in [-0.39, 0.29) is 0 Å². The molecule has 0 unspecified atom stereocenters. The largest absolute Gasteiger partial charge is 0.338 e. The van der Waals surface area contributed by atoms with Crippen LogP contribution in [0.15, 0.2) is 24.8 Å². The van der Waals surface area contributed by atoms with E-state index in [1.165, 1.54) is 6.33 Å². The van der Waals surface area contributed by atoms with Gasteiger partial charge < -0.3 is 4.57 Å². The van der Waals surface area contributed by atoms with Crippen molar-refractivity contribution in [3.63, 3.8) is 0 Å². The van der Waals surface area contributed by atoms with Gasteiger partial charge in [-0.2, -0.15) is 0 Å². The van der Waals surface area contributed by atoms with Gasteiger partial charge in [-0.1, -0.05) is 11.6 Å². The van der Waals surface area contributed by atoms with Crippen LogP contribution < -0.4 is 0 Å². The van der Waals surface area contributed by atoms with E-state index in [2.05, 4.69) is 15.0 Å². The molecule has 0 saturated carbocycles. The number of rotatable bonds is 2. The molecule has 2 aromatic heterocycles. The first-order valence-corrected chi connectivity index (χ1v) is 4.56. The van der Waals surface area contributed by atoms with E-state index in [9.17, 15) is 0 Å². The highest BCUT2D eigenvalue weighted by molar-refractivity contribution is 6.29. The Morgan fingerprint density at radius 3 is 2.86 bits per heavy atom. The zero-order valence-electron chi connectivity index (χ0n) is 7.68. The topological polar surface area (TPSA) is 43.6 Å². The predicted octanol–water partition coefficient (Wildman–Crippen LogP) is 1.45. The van der Waals surface area contributed by atoms with Crippen molar-refractivity contribution in [1.82, 2.24) is 19.5 Å². The van der Waals surface area contributed by atoms with Gasteiger partial charge in [0.2, 0.25) is 0 Å². The second-order valence-electron chi connectivity index (χ2n) is 2.96. The molecule has 0 fully saturated rings. The maximum absolute atomic E-state index is 5.75. The summed E-state index contributed by atoms with van der Waals surface area (Å²) in [5, 5.41) is 0.462. The average Bonchev–Trinajstić information content (AvgIpc) is 2.52. The normalized spacial score (nSPS) is 10.4. The van der Waals surface area contributed by atoms with Crippen LogP contribution in [0.5, 0.6) is 0 Å². The third-order valence-electron chi connectivity index (χ3n) is 1.95. The molecule has 0 radical (unpaired) electrons. The second-order valence-corrected chi connectivity index (χ2v) is 3.35. The minimum Gasteiger partial charge on any atom is -0.338 e. The lowest BCUT2D eigenvalue weighted by Crippen LogP contribution is -2.00. The smallest absolute Gasteiger partial charge is 0.132 e. The number of hydrogen-bond acceptors (Lipinski definition) is 3. The van der Waals surface area contributed by atoms with Crippen LogP contribution in [0.3, 0.4) is 0 Å². The fraction of sp³-hybridized carbons (Fsp3) is 0.222. The maximum Gasteiger partial charge on any atom is 0.132 e. The summed E-state index contributed by atoms with van der Waals surface area (Å²) in [5.74, 6) is 0.958. The molecule has 0 atom stereocenters. The third-order valence-corrected chi connectivity index (χ3v) is 2.16. The van der Waals surface area contributed by atoms with Crippen LogP contribution in [0, 0.1) is 0 Å². The summed E-state index contributed by atoms with van der Waals surface area (Å²) >= 11 is 5.75. The monoisotopic (exact) mass is 208 g/mol. The van der Waals surface area contributed by atoms with E-state index < -0.39 is 0 Å². The SMILES string of the molecule is Cn1ccnc1Cc1cc(Cl)ncn1. The van der Waals surface area contributed by atoms with E-state index >= 15 is 0 Å². The molecule has 72 valence electrons. The molecule has 2 aromatic rings. The van der Waals surface area contributed by atoms with Crippen molar-refractivity contribution in [3.05, 3.63) is 41.5 Å². The minimum absolute atomic E-state index is 0.462. The summed E-state index contributed by atoms with van der Waals surface area (Å²) in [4.78, 5) is 12.1. The van der Waals surface area contributed by atoms with Gasteiger partial charge >= 0.3 is 0 Å². The Balaban J connectivity index is 2.23. The summed E-state index contributed by atoms with van der Waals surface area (Å²) in [6.07, 6.45) is 5.79. The van der Waals surface area contributed by atoms with Gasteiger partial charge in [0, 0.05) is 25.9 Å². The molecule has 0 amide bonds. The molecule has 0 saturated heterocycles. The van der Waals surface area contributed by atoms with E-state index in [0.717, 1.165) is 11.5 Å². The van der Waals surface area contributed by atoms with Gasteiger partial charge in [-0.25, -0.2) is 15.0 Å². The molecule has 0 bridgehead atoms. The Hall–Kier alpha value is -1.42. The fourth-order valence-electron chi connectivity index (χ4n) is 1.20. The van der Waals surface area contributed by atoms with E-state index in [1.807, 2.05) is 17.8 Å². The minimum atomic E-state index is 0.462.